The van der Waals surface area contributed by atoms with Crippen LogP contribution in [0.15, 0.2) is 28.8 Å². The zero-order chi connectivity index (χ0) is 18.1. The van der Waals surface area contributed by atoms with E-state index in [1.54, 1.807) is 19.9 Å². The third-order valence-corrected chi connectivity index (χ3v) is 3.77. The number of benzene rings is 1. The van der Waals surface area contributed by atoms with Crippen LogP contribution in [0.4, 0.5) is 4.39 Å². The molecule has 3 aromatic rings. The van der Waals surface area contributed by atoms with Crippen LogP contribution in [0.25, 0.3) is 11.0 Å². The molecule has 1 aromatic carbocycles. The number of nitrogens with two attached hydrogens (primary N) is 1. The number of hydrogen-bond donors (Lipinski definition) is 2. The number of halogens is 1. The van der Waals surface area contributed by atoms with Gasteiger partial charge in [0.15, 0.2) is 5.69 Å². The molecule has 0 aliphatic rings. The number of carbonyl (C=O) groups excluding carboxylic acids is 2. The Morgan fingerprint density at radius 1 is 1.44 bits per heavy atom. The Bertz CT molecular complexity index is 962. The molecule has 0 saturated carbocycles. The highest BCUT2D eigenvalue weighted by molar-refractivity contribution is 5.92. The third kappa shape index (κ3) is 3.35. The molecule has 0 fully saturated rings. The molecule has 0 aliphatic heterocycles. The topological polar surface area (TPSA) is 116 Å². The number of rotatable bonds is 5. The molecule has 0 aliphatic carbocycles. The molecule has 2 amide bonds. The Kier molecular flexibility index (Phi) is 4.22. The van der Waals surface area contributed by atoms with Gasteiger partial charge in [-0.15, -0.1) is 5.10 Å². The first-order chi connectivity index (χ1) is 11.8. The molecule has 1 atom stereocenters. The van der Waals surface area contributed by atoms with Gasteiger partial charge in [0, 0.05) is 10.9 Å². The summed E-state index contributed by atoms with van der Waals surface area (Å²) in [5, 5.41) is 10.8. The molecule has 0 spiro atoms. The van der Waals surface area contributed by atoms with Crippen LogP contribution in [-0.4, -0.2) is 26.8 Å². The van der Waals surface area contributed by atoms with Crippen molar-refractivity contribution in [3.8, 4) is 0 Å². The number of hydrogen-bond acceptors (Lipinski definition) is 5. The summed E-state index contributed by atoms with van der Waals surface area (Å²) in [6.07, 6.45) is 1.33. The average Bonchev–Trinajstić information content (AvgIpc) is 3.12. The summed E-state index contributed by atoms with van der Waals surface area (Å²) < 4.78 is 20.3. The van der Waals surface area contributed by atoms with Crippen LogP contribution in [0.1, 0.15) is 34.8 Å². The molecule has 0 radical (unpaired) electrons. The number of nitrogens with one attached hydrogen (secondary N) is 1. The van der Waals surface area contributed by atoms with Crippen molar-refractivity contribution < 1.29 is 18.4 Å². The Hall–Kier alpha value is -3.23. The van der Waals surface area contributed by atoms with E-state index in [1.807, 2.05) is 0 Å². The lowest BCUT2D eigenvalue weighted by atomic mass is 10.1. The lowest BCUT2D eigenvalue weighted by Gasteiger charge is -2.11. The van der Waals surface area contributed by atoms with E-state index in [2.05, 4.69) is 15.6 Å². The maximum atomic E-state index is 13.4. The molecule has 25 heavy (non-hydrogen) atoms. The smallest absolute Gasteiger partial charge is 0.274 e. The van der Waals surface area contributed by atoms with Crippen molar-refractivity contribution in [1.29, 1.82) is 0 Å². The summed E-state index contributed by atoms with van der Waals surface area (Å²) in [5.41, 5.74) is 6.41. The molecule has 0 saturated heterocycles. The van der Waals surface area contributed by atoms with Gasteiger partial charge in [-0.3, -0.25) is 9.59 Å². The van der Waals surface area contributed by atoms with E-state index in [4.69, 9.17) is 10.2 Å². The molecule has 130 valence electrons. The van der Waals surface area contributed by atoms with E-state index in [9.17, 15) is 14.0 Å². The zero-order valence-corrected chi connectivity index (χ0v) is 13.6. The lowest BCUT2D eigenvalue weighted by molar-refractivity contribution is -0.118. The van der Waals surface area contributed by atoms with Crippen LogP contribution in [0.3, 0.4) is 0 Å². The van der Waals surface area contributed by atoms with Crippen molar-refractivity contribution in [3.05, 3.63) is 47.2 Å². The standard InChI is InChI=1S/C16H16FN5O3/c1-8-11-5-10(17)3-4-13(11)25-15(8)9(2)19-16(24)12-6-22(21-20-12)7-14(18)23/h3-6,9H,7H2,1-2H3,(H2,18,23)(H,19,24)/t9-/m1/s1. The highest BCUT2D eigenvalue weighted by Gasteiger charge is 2.21. The molecule has 0 bridgehead atoms. The number of furan rings is 1. The maximum Gasteiger partial charge on any atom is 0.274 e. The van der Waals surface area contributed by atoms with E-state index >= 15 is 0 Å². The van der Waals surface area contributed by atoms with E-state index in [1.165, 1.54) is 23.0 Å². The molecule has 2 aromatic heterocycles. The van der Waals surface area contributed by atoms with Crippen LogP contribution < -0.4 is 11.1 Å². The number of aryl methyl sites for hydroxylation is 1. The van der Waals surface area contributed by atoms with E-state index in [-0.39, 0.29) is 18.1 Å². The fourth-order valence-corrected chi connectivity index (χ4v) is 2.60. The van der Waals surface area contributed by atoms with Crippen LogP contribution in [0, 0.1) is 12.7 Å². The van der Waals surface area contributed by atoms with Gasteiger partial charge >= 0.3 is 0 Å². The number of aromatic nitrogens is 3. The molecule has 3 rings (SSSR count). The van der Waals surface area contributed by atoms with Gasteiger partial charge in [0.25, 0.3) is 5.91 Å². The maximum absolute atomic E-state index is 13.4. The van der Waals surface area contributed by atoms with Crippen LogP contribution in [0.2, 0.25) is 0 Å². The van der Waals surface area contributed by atoms with Gasteiger partial charge in [-0.1, -0.05) is 5.21 Å². The molecule has 9 heteroatoms. The van der Waals surface area contributed by atoms with Gasteiger partial charge in [0.1, 0.15) is 23.7 Å². The second kappa shape index (κ2) is 6.34. The molecule has 3 N–H and O–H groups in total. The monoisotopic (exact) mass is 345 g/mol. The first-order valence-corrected chi connectivity index (χ1v) is 7.53. The van der Waals surface area contributed by atoms with Crippen molar-refractivity contribution in [2.75, 3.05) is 0 Å². The lowest BCUT2D eigenvalue weighted by Crippen LogP contribution is -2.27. The second-order valence-corrected chi connectivity index (χ2v) is 5.69. The molecule has 8 nitrogen and oxygen atoms in total. The number of amides is 2. The third-order valence-electron chi connectivity index (χ3n) is 3.77. The van der Waals surface area contributed by atoms with Crippen molar-refractivity contribution in [2.24, 2.45) is 5.73 Å². The quantitative estimate of drug-likeness (QED) is 0.726. The van der Waals surface area contributed by atoms with Gasteiger partial charge in [0.05, 0.1) is 12.2 Å². The SMILES string of the molecule is Cc1c([C@@H](C)NC(=O)c2cn(CC(N)=O)nn2)oc2ccc(F)cc12. The Morgan fingerprint density at radius 2 is 2.20 bits per heavy atom. The predicted molar refractivity (Wildman–Crippen MR) is 86.0 cm³/mol. The van der Waals surface area contributed by atoms with Crippen LogP contribution in [0.5, 0.6) is 0 Å². The Balaban J connectivity index is 1.78. The average molecular weight is 345 g/mol. The first-order valence-electron chi connectivity index (χ1n) is 7.53. The summed E-state index contributed by atoms with van der Waals surface area (Å²) >= 11 is 0. The van der Waals surface area contributed by atoms with E-state index < -0.39 is 17.9 Å². The highest BCUT2D eigenvalue weighted by atomic mass is 19.1. The minimum Gasteiger partial charge on any atom is -0.459 e. The minimum absolute atomic E-state index is 0.0490. The fraction of sp³-hybridized carbons (Fsp3) is 0.250. The van der Waals surface area contributed by atoms with Crippen molar-refractivity contribution >= 4 is 22.8 Å². The largest absolute Gasteiger partial charge is 0.459 e. The van der Waals surface area contributed by atoms with Gasteiger partial charge < -0.3 is 15.5 Å². The van der Waals surface area contributed by atoms with Crippen molar-refractivity contribution in [2.45, 2.75) is 26.4 Å². The van der Waals surface area contributed by atoms with Gasteiger partial charge in [-0.05, 0) is 32.0 Å². The number of fused-ring (bicyclic) bond motifs is 1. The van der Waals surface area contributed by atoms with E-state index in [0.29, 0.717) is 16.7 Å². The number of carbonyl (C=O) groups is 2. The van der Waals surface area contributed by atoms with Gasteiger partial charge in [0.2, 0.25) is 5.91 Å². The second-order valence-electron chi connectivity index (χ2n) is 5.69. The van der Waals surface area contributed by atoms with Crippen molar-refractivity contribution in [1.82, 2.24) is 20.3 Å². The Morgan fingerprint density at radius 3 is 2.92 bits per heavy atom. The van der Waals surface area contributed by atoms with Gasteiger partial charge in [-0.2, -0.15) is 0 Å². The summed E-state index contributed by atoms with van der Waals surface area (Å²) in [4.78, 5) is 23.1. The van der Waals surface area contributed by atoms with Crippen molar-refractivity contribution in [3.63, 3.8) is 0 Å². The molecular weight excluding hydrogens is 329 g/mol. The zero-order valence-electron chi connectivity index (χ0n) is 13.6. The summed E-state index contributed by atoms with van der Waals surface area (Å²) in [6.45, 7) is 3.38. The highest BCUT2D eigenvalue weighted by Crippen LogP contribution is 2.29. The predicted octanol–water partition coefficient (Wildman–Crippen LogP) is 1.45. The minimum atomic E-state index is -0.588. The first kappa shape index (κ1) is 16.6. The van der Waals surface area contributed by atoms with Crippen LogP contribution in [-0.2, 0) is 11.3 Å². The summed E-state index contributed by atoms with van der Waals surface area (Å²) in [5.74, 6) is -0.895. The number of nitrogens with zero attached hydrogens (tertiary/aromatic N) is 3. The molecule has 2 heterocycles. The Labute approximate surface area is 141 Å². The molecule has 0 unspecified atom stereocenters. The molecular formula is C16H16FN5O3. The van der Waals surface area contributed by atoms with Crippen LogP contribution >= 0.6 is 0 Å². The fourth-order valence-electron chi connectivity index (χ4n) is 2.60. The summed E-state index contributed by atoms with van der Waals surface area (Å²) in [7, 11) is 0. The summed E-state index contributed by atoms with van der Waals surface area (Å²) in [6, 6.07) is 3.78. The number of primary amides is 1. The normalized spacial score (nSPS) is 12.3. The van der Waals surface area contributed by atoms with Gasteiger partial charge in [-0.25, -0.2) is 9.07 Å². The van der Waals surface area contributed by atoms with E-state index in [0.717, 1.165) is 5.56 Å².